The zero-order valence-corrected chi connectivity index (χ0v) is 14.4. The molecule has 1 fully saturated rings. The van der Waals surface area contributed by atoms with Crippen molar-refractivity contribution in [3.05, 3.63) is 30.1 Å². The van der Waals surface area contributed by atoms with E-state index in [2.05, 4.69) is 29.0 Å². The molecular weight excluding hydrogens is 294 g/mol. The number of pyridine rings is 1. The van der Waals surface area contributed by atoms with Crippen molar-refractivity contribution in [3.8, 4) is 0 Å². The van der Waals surface area contributed by atoms with Crippen LogP contribution < -0.4 is 5.32 Å². The number of hydrogen-bond donors (Lipinski definition) is 1. The number of thioether (sulfide) groups is 1. The van der Waals surface area contributed by atoms with Crippen LogP contribution in [0, 0.1) is 5.92 Å². The fraction of sp³-hybridized carbons (Fsp3) is 0.647. The predicted octanol–water partition coefficient (Wildman–Crippen LogP) is 2.55. The van der Waals surface area contributed by atoms with Crippen molar-refractivity contribution in [2.75, 3.05) is 25.4 Å². The molecule has 1 amide bonds. The van der Waals surface area contributed by atoms with Crippen molar-refractivity contribution in [2.45, 2.75) is 38.5 Å². The molecule has 122 valence electrons. The maximum absolute atomic E-state index is 11.9. The highest BCUT2D eigenvalue weighted by molar-refractivity contribution is 7.99. The highest BCUT2D eigenvalue weighted by Gasteiger charge is 2.21. The molecule has 1 N–H and O–H groups in total. The molecule has 1 aliphatic rings. The summed E-state index contributed by atoms with van der Waals surface area (Å²) < 4.78 is 0. The summed E-state index contributed by atoms with van der Waals surface area (Å²) in [5.41, 5.74) is 1.22. The van der Waals surface area contributed by atoms with E-state index in [1.807, 2.05) is 12.1 Å². The number of piperidine rings is 1. The second-order valence-corrected chi connectivity index (χ2v) is 7.23. The second-order valence-electron chi connectivity index (χ2n) is 6.25. The minimum atomic E-state index is 0.153. The number of carbonyl (C=O) groups is 1. The molecule has 0 aliphatic carbocycles. The lowest BCUT2D eigenvalue weighted by Gasteiger charge is -2.35. The lowest BCUT2D eigenvalue weighted by Crippen LogP contribution is -2.44. The first-order chi connectivity index (χ1) is 10.6. The van der Waals surface area contributed by atoms with Crippen LogP contribution in [0.5, 0.6) is 0 Å². The van der Waals surface area contributed by atoms with Crippen LogP contribution in [0.3, 0.4) is 0 Å². The molecule has 0 radical (unpaired) electrons. The number of nitrogens with one attached hydrogen (secondary N) is 1. The molecule has 22 heavy (non-hydrogen) atoms. The number of rotatable bonds is 7. The summed E-state index contributed by atoms with van der Waals surface area (Å²) >= 11 is 1.66. The van der Waals surface area contributed by atoms with Gasteiger partial charge in [-0.15, -0.1) is 11.8 Å². The molecule has 5 heteroatoms. The average molecular weight is 321 g/mol. The topological polar surface area (TPSA) is 45.2 Å². The first kappa shape index (κ1) is 17.3. The largest absolute Gasteiger partial charge is 0.355 e. The lowest BCUT2D eigenvalue weighted by atomic mass is 9.97. The monoisotopic (exact) mass is 321 g/mol. The zero-order valence-electron chi connectivity index (χ0n) is 13.6. The van der Waals surface area contributed by atoms with Crippen LogP contribution >= 0.6 is 11.8 Å². The number of nitrogens with zero attached hydrogens (tertiary/aromatic N) is 2. The van der Waals surface area contributed by atoms with Gasteiger partial charge in [0.2, 0.25) is 5.91 Å². The van der Waals surface area contributed by atoms with Gasteiger partial charge in [0.15, 0.2) is 0 Å². The molecular formula is C17H27N3OS. The van der Waals surface area contributed by atoms with Gasteiger partial charge in [-0.2, -0.15) is 0 Å². The van der Waals surface area contributed by atoms with E-state index in [4.69, 9.17) is 0 Å². The number of hydrogen-bond acceptors (Lipinski definition) is 4. The molecule has 1 saturated heterocycles. The third kappa shape index (κ3) is 5.97. The molecule has 0 spiro atoms. The van der Waals surface area contributed by atoms with Gasteiger partial charge in [-0.25, -0.2) is 0 Å². The van der Waals surface area contributed by atoms with E-state index in [0.29, 0.717) is 17.7 Å². The number of carbonyl (C=O) groups excluding carboxylic acids is 1. The van der Waals surface area contributed by atoms with Crippen LogP contribution in [0.15, 0.2) is 24.5 Å². The Morgan fingerprint density at radius 2 is 2.23 bits per heavy atom. The first-order valence-electron chi connectivity index (χ1n) is 8.12. The Hall–Kier alpha value is -1.07. The summed E-state index contributed by atoms with van der Waals surface area (Å²) in [7, 11) is 0. The smallest absolute Gasteiger partial charge is 0.230 e. The summed E-state index contributed by atoms with van der Waals surface area (Å²) in [6.07, 6.45) is 6.06. The zero-order chi connectivity index (χ0) is 15.8. The minimum Gasteiger partial charge on any atom is -0.355 e. The second kappa shape index (κ2) is 9.16. The van der Waals surface area contributed by atoms with E-state index >= 15 is 0 Å². The van der Waals surface area contributed by atoms with Gasteiger partial charge >= 0.3 is 0 Å². The molecule has 0 unspecified atom stereocenters. The molecule has 0 bridgehead atoms. The van der Waals surface area contributed by atoms with Gasteiger partial charge in [-0.05, 0) is 56.8 Å². The number of aromatic nitrogens is 1. The van der Waals surface area contributed by atoms with Gasteiger partial charge in [0.25, 0.3) is 0 Å². The Morgan fingerprint density at radius 1 is 1.45 bits per heavy atom. The molecule has 1 aromatic heterocycles. The molecule has 2 rings (SSSR count). The van der Waals surface area contributed by atoms with E-state index < -0.39 is 0 Å². The maximum Gasteiger partial charge on any atom is 0.230 e. The molecule has 4 nitrogen and oxygen atoms in total. The quantitative estimate of drug-likeness (QED) is 0.838. The normalized spacial score (nSPS) is 19.3. The molecule has 0 aromatic carbocycles. The van der Waals surface area contributed by atoms with Crippen LogP contribution in [0.1, 0.15) is 32.3 Å². The Labute approximate surface area is 138 Å². The van der Waals surface area contributed by atoms with Gasteiger partial charge in [-0.1, -0.05) is 0 Å². The van der Waals surface area contributed by atoms with Crippen molar-refractivity contribution in [1.29, 1.82) is 0 Å². The maximum atomic E-state index is 11.9. The fourth-order valence-corrected chi connectivity index (χ4v) is 3.60. The van der Waals surface area contributed by atoms with Crippen LogP contribution in [-0.4, -0.2) is 47.2 Å². The van der Waals surface area contributed by atoms with Crippen LogP contribution in [0.2, 0.25) is 0 Å². The molecule has 1 aliphatic heterocycles. The van der Waals surface area contributed by atoms with Gasteiger partial charge in [0.1, 0.15) is 0 Å². The van der Waals surface area contributed by atoms with Gasteiger partial charge in [0, 0.05) is 37.3 Å². The summed E-state index contributed by atoms with van der Waals surface area (Å²) in [6, 6.07) is 4.59. The van der Waals surface area contributed by atoms with E-state index in [9.17, 15) is 4.79 Å². The summed E-state index contributed by atoms with van der Waals surface area (Å²) in [6.45, 7) is 7.62. The highest BCUT2D eigenvalue weighted by Crippen LogP contribution is 2.17. The van der Waals surface area contributed by atoms with E-state index in [1.165, 1.54) is 24.9 Å². The van der Waals surface area contributed by atoms with Crippen LogP contribution in [0.25, 0.3) is 0 Å². The Morgan fingerprint density at radius 3 is 2.95 bits per heavy atom. The third-order valence-corrected chi connectivity index (χ3v) is 5.12. The summed E-state index contributed by atoms with van der Waals surface area (Å²) in [4.78, 5) is 18.4. The van der Waals surface area contributed by atoms with Gasteiger partial charge in [0.05, 0.1) is 5.75 Å². The average Bonchev–Trinajstić information content (AvgIpc) is 2.54. The van der Waals surface area contributed by atoms with Crippen LogP contribution in [-0.2, 0) is 10.5 Å². The van der Waals surface area contributed by atoms with Crippen molar-refractivity contribution < 1.29 is 4.79 Å². The van der Waals surface area contributed by atoms with Gasteiger partial charge < -0.3 is 10.2 Å². The molecule has 1 aromatic rings. The molecule has 1 atom stereocenters. The van der Waals surface area contributed by atoms with E-state index in [0.717, 1.165) is 18.8 Å². The number of likely N-dealkylation sites (tertiary alicyclic amines) is 1. The highest BCUT2D eigenvalue weighted by atomic mass is 32.2. The van der Waals surface area contributed by atoms with Crippen molar-refractivity contribution in [3.63, 3.8) is 0 Å². The van der Waals surface area contributed by atoms with Crippen LogP contribution in [0.4, 0.5) is 0 Å². The SMILES string of the molecule is CC(C)N1CCC[C@H](CNC(=O)CSCc2ccncc2)C1. The van der Waals surface area contributed by atoms with Gasteiger partial charge in [-0.3, -0.25) is 9.78 Å². The molecule has 2 heterocycles. The summed E-state index contributed by atoms with van der Waals surface area (Å²) in [5.74, 6) is 2.15. The summed E-state index contributed by atoms with van der Waals surface area (Å²) in [5, 5.41) is 3.10. The Kier molecular flexibility index (Phi) is 7.19. The number of amides is 1. The van der Waals surface area contributed by atoms with Crippen molar-refractivity contribution in [2.24, 2.45) is 5.92 Å². The Bertz CT molecular complexity index is 452. The first-order valence-corrected chi connectivity index (χ1v) is 9.28. The van der Waals surface area contributed by atoms with Crippen molar-refractivity contribution >= 4 is 17.7 Å². The standard InChI is InChI=1S/C17H27N3OS/c1-14(2)20-9-3-4-16(11-20)10-19-17(21)13-22-12-15-5-7-18-8-6-15/h5-8,14,16H,3-4,9-13H2,1-2H3,(H,19,21)/t16-/m1/s1. The minimum absolute atomic E-state index is 0.153. The van der Waals surface area contributed by atoms with Crippen molar-refractivity contribution in [1.82, 2.24) is 15.2 Å². The molecule has 0 saturated carbocycles. The lowest BCUT2D eigenvalue weighted by molar-refractivity contribution is -0.118. The van der Waals surface area contributed by atoms with E-state index in [1.54, 1.807) is 24.2 Å². The Balaban J connectivity index is 1.61. The predicted molar refractivity (Wildman–Crippen MR) is 92.8 cm³/mol. The third-order valence-electron chi connectivity index (χ3n) is 4.12. The van der Waals surface area contributed by atoms with E-state index in [-0.39, 0.29) is 5.91 Å². The fourth-order valence-electron chi connectivity index (χ4n) is 2.78.